The van der Waals surface area contributed by atoms with E-state index in [9.17, 15) is 9.59 Å². The number of carbonyl (C=O) groups is 2. The summed E-state index contributed by atoms with van der Waals surface area (Å²) in [5.41, 5.74) is 0.933. The van der Waals surface area contributed by atoms with Crippen LogP contribution in [0, 0.1) is 0 Å². The van der Waals surface area contributed by atoms with Crippen LogP contribution in [0.3, 0.4) is 0 Å². The van der Waals surface area contributed by atoms with Gasteiger partial charge in [-0.3, -0.25) is 9.59 Å². The summed E-state index contributed by atoms with van der Waals surface area (Å²) in [4.78, 5) is 28.9. The SMILES string of the molecule is CCC(C)NC(=O)C(CC)N(Cc1cccc(OC)c1)C(=O)CSc1ccccc1. The van der Waals surface area contributed by atoms with Gasteiger partial charge in [0.1, 0.15) is 11.8 Å². The van der Waals surface area contributed by atoms with E-state index >= 15 is 0 Å². The summed E-state index contributed by atoms with van der Waals surface area (Å²) in [6.45, 7) is 6.31. The summed E-state index contributed by atoms with van der Waals surface area (Å²) in [7, 11) is 1.62. The Bertz CT molecular complexity index is 813. The highest BCUT2D eigenvalue weighted by molar-refractivity contribution is 8.00. The molecule has 0 fully saturated rings. The summed E-state index contributed by atoms with van der Waals surface area (Å²) >= 11 is 1.49. The number of methoxy groups -OCH3 is 1. The Morgan fingerprint density at radius 2 is 1.80 bits per heavy atom. The summed E-state index contributed by atoms with van der Waals surface area (Å²) in [6, 6.07) is 17.0. The number of ether oxygens (including phenoxy) is 1. The molecule has 5 nitrogen and oxygen atoms in total. The maximum Gasteiger partial charge on any atom is 0.243 e. The molecule has 30 heavy (non-hydrogen) atoms. The van der Waals surface area contributed by atoms with Gasteiger partial charge in [0, 0.05) is 17.5 Å². The van der Waals surface area contributed by atoms with Gasteiger partial charge in [-0.25, -0.2) is 0 Å². The Labute approximate surface area is 184 Å². The lowest BCUT2D eigenvalue weighted by Gasteiger charge is -2.31. The van der Waals surface area contributed by atoms with Crippen molar-refractivity contribution in [2.24, 2.45) is 0 Å². The number of hydrogen-bond acceptors (Lipinski definition) is 4. The van der Waals surface area contributed by atoms with E-state index in [-0.39, 0.29) is 23.6 Å². The molecule has 1 N–H and O–H groups in total. The molecule has 0 aliphatic heterocycles. The van der Waals surface area contributed by atoms with Crippen LogP contribution in [0.5, 0.6) is 5.75 Å². The van der Waals surface area contributed by atoms with Gasteiger partial charge in [0.2, 0.25) is 11.8 Å². The summed E-state index contributed by atoms with van der Waals surface area (Å²) in [6.07, 6.45) is 1.39. The summed E-state index contributed by atoms with van der Waals surface area (Å²) < 4.78 is 5.32. The number of nitrogens with one attached hydrogen (secondary N) is 1. The molecule has 2 amide bonds. The minimum Gasteiger partial charge on any atom is -0.497 e. The van der Waals surface area contributed by atoms with E-state index in [1.165, 1.54) is 11.8 Å². The van der Waals surface area contributed by atoms with Crippen LogP contribution in [0.1, 0.15) is 39.2 Å². The van der Waals surface area contributed by atoms with Crippen molar-refractivity contribution in [1.29, 1.82) is 0 Å². The zero-order chi connectivity index (χ0) is 21.9. The average molecular weight is 429 g/mol. The first-order valence-corrected chi connectivity index (χ1v) is 11.4. The number of benzene rings is 2. The molecule has 0 saturated heterocycles. The van der Waals surface area contributed by atoms with Gasteiger partial charge in [-0.1, -0.05) is 44.2 Å². The second-order valence-electron chi connectivity index (χ2n) is 7.22. The number of hydrogen-bond donors (Lipinski definition) is 1. The molecule has 0 saturated carbocycles. The van der Waals surface area contributed by atoms with Crippen LogP contribution in [-0.2, 0) is 16.1 Å². The maximum absolute atomic E-state index is 13.2. The molecule has 0 aliphatic rings. The molecule has 2 aromatic rings. The molecule has 0 radical (unpaired) electrons. The normalized spacial score (nSPS) is 12.7. The minimum atomic E-state index is -0.519. The number of thioether (sulfide) groups is 1. The van der Waals surface area contributed by atoms with Crippen molar-refractivity contribution in [2.75, 3.05) is 12.9 Å². The predicted octanol–water partition coefficient (Wildman–Crippen LogP) is 4.51. The van der Waals surface area contributed by atoms with Gasteiger partial charge in [-0.15, -0.1) is 11.8 Å². The van der Waals surface area contributed by atoms with Crippen LogP contribution in [0.25, 0.3) is 0 Å². The largest absolute Gasteiger partial charge is 0.497 e. The minimum absolute atomic E-state index is 0.0576. The molecule has 0 bridgehead atoms. The van der Waals surface area contributed by atoms with Crippen molar-refractivity contribution < 1.29 is 14.3 Å². The lowest BCUT2D eigenvalue weighted by molar-refractivity contribution is -0.139. The van der Waals surface area contributed by atoms with E-state index in [0.717, 1.165) is 22.6 Å². The predicted molar refractivity (Wildman–Crippen MR) is 123 cm³/mol. The zero-order valence-electron chi connectivity index (χ0n) is 18.3. The highest BCUT2D eigenvalue weighted by Crippen LogP contribution is 2.21. The lowest BCUT2D eigenvalue weighted by atomic mass is 10.1. The van der Waals surface area contributed by atoms with Crippen molar-refractivity contribution in [3.05, 3.63) is 60.2 Å². The van der Waals surface area contributed by atoms with Crippen molar-refractivity contribution in [3.63, 3.8) is 0 Å². The summed E-state index contributed by atoms with van der Waals surface area (Å²) in [5, 5.41) is 3.03. The number of carbonyl (C=O) groups excluding carboxylic acids is 2. The van der Waals surface area contributed by atoms with Crippen LogP contribution in [-0.4, -0.2) is 41.7 Å². The van der Waals surface area contributed by atoms with Gasteiger partial charge in [0.05, 0.1) is 12.9 Å². The molecule has 162 valence electrons. The van der Waals surface area contributed by atoms with Crippen molar-refractivity contribution in [3.8, 4) is 5.75 Å². The van der Waals surface area contributed by atoms with E-state index in [0.29, 0.717) is 13.0 Å². The third-order valence-electron chi connectivity index (χ3n) is 4.98. The summed E-state index contributed by atoms with van der Waals surface area (Å²) in [5.74, 6) is 0.850. The molecule has 0 spiro atoms. The molecular weight excluding hydrogens is 396 g/mol. The standard InChI is InChI=1S/C24H32N2O3S/c1-5-18(3)25-24(28)22(6-2)26(16-19-11-10-12-20(15-19)29-4)23(27)17-30-21-13-8-7-9-14-21/h7-15,18,22H,5-6,16-17H2,1-4H3,(H,25,28). The first-order valence-electron chi connectivity index (χ1n) is 10.4. The van der Waals surface area contributed by atoms with Crippen molar-refractivity contribution in [1.82, 2.24) is 10.2 Å². The monoisotopic (exact) mass is 428 g/mol. The average Bonchev–Trinajstić information content (AvgIpc) is 2.78. The van der Waals surface area contributed by atoms with Crippen molar-refractivity contribution in [2.45, 2.75) is 57.1 Å². The van der Waals surface area contributed by atoms with Crippen LogP contribution < -0.4 is 10.1 Å². The second-order valence-corrected chi connectivity index (χ2v) is 8.27. The third-order valence-corrected chi connectivity index (χ3v) is 5.98. The fraction of sp³-hybridized carbons (Fsp3) is 0.417. The molecule has 0 aromatic heterocycles. The smallest absolute Gasteiger partial charge is 0.243 e. The maximum atomic E-state index is 13.2. The van der Waals surface area contributed by atoms with E-state index in [4.69, 9.17) is 4.74 Å². The van der Waals surface area contributed by atoms with Crippen LogP contribution >= 0.6 is 11.8 Å². The molecule has 0 aliphatic carbocycles. The highest BCUT2D eigenvalue weighted by atomic mass is 32.2. The molecule has 2 rings (SSSR count). The Balaban J connectivity index is 2.22. The number of nitrogens with zero attached hydrogens (tertiary/aromatic N) is 1. The Hall–Kier alpha value is -2.47. The Kier molecular flexibility index (Phi) is 9.74. The molecule has 2 atom stereocenters. The van der Waals surface area contributed by atoms with E-state index < -0.39 is 6.04 Å². The molecule has 2 aromatic carbocycles. The lowest BCUT2D eigenvalue weighted by Crippen LogP contribution is -2.51. The molecule has 0 heterocycles. The van der Waals surface area contributed by atoms with Crippen LogP contribution in [0.4, 0.5) is 0 Å². The van der Waals surface area contributed by atoms with Crippen LogP contribution in [0.15, 0.2) is 59.5 Å². The van der Waals surface area contributed by atoms with Gasteiger partial charge in [0.25, 0.3) is 0 Å². The van der Waals surface area contributed by atoms with Gasteiger partial charge in [-0.2, -0.15) is 0 Å². The van der Waals surface area contributed by atoms with Gasteiger partial charge in [-0.05, 0) is 49.6 Å². The highest BCUT2D eigenvalue weighted by Gasteiger charge is 2.29. The quantitative estimate of drug-likeness (QED) is 0.535. The Morgan fingerprint density at radius 3 is 2.43 bits per heavy atom. The molecule has 2 unspecified atom stereocenters. The first-order chi connectivity index (χ1) is 14.5. The van der Waals surface area contributed by atoms with Crippen molar-refractivity contribution >= 4 is 23.6 Å². The van der Waals surface area contributed by atoms with E-state index in [2.05, 4.69) is 5.32 Å². The fourth-order valence-corrected chi connectivity index (χ4v) is 3.88. The van der Waals surface area contributed by atoms with E-state index in [1.807, 2.05) is 75.4 Å². The first kappa shape index (κ1) is 23.8. The fourth-order valence-electron chi connectivity index (χ4n) is 3.07. The van der Waals surface area contributed by atoms with E-state index in [1.54, 1.807) is 12.0 Å². The molecular formula is C24H32N2O3S. The molecule has 6 heteroatoms. The number of amides is 2. The Morgan fingerprint density at radius 1 is 1.07 bits per heavy atom. The number of rotatable bonds is 11. The zero-order valence-corrected chi connectivity index (χ0v) is 19.1. The van der Waals surface area contributed by atoms with Gasteiger partial charge < -0.3 is 15.0 Å². The third kappa shape index (κ3) is 7.10. The van der Waals surface area contributed by atoms with Crippen LogP contribution in [0.2, 0.25) is 0 Å². The van der Waals surface area contributed by atoms with Gasteiger partial charge >= 0.3 is 0 Å². The van der Waals surface area contributed by atoms with Gasteiger partial charge in [0.15, 0.2) is 0 Å². The topological polar surface area (TPSA) is 58.6 Å². The second kappa shape index (κ2) is 12.3.